The van der Waals surface area contributed by atoms with Crippen LogP contribution in [0.15, 0.2) is 77.4 Å². The summed E-state index contributed by atoms with van der Waals surface area (Å²) in [5.41, 5.74) is 4.73. The number of nitrogens with one attached hydrogen (secondary N) is 1. The smallest absolute Gasteiger partial charge is 0.256 e. The zero-order valence-electron chi connectivity index (χ0n) is 18.3. The maximum absolute atomic E-state index is 12.9. The highest BCUT2D eigenvalue weighted by atomic mass is 79.9. The van der Waals surface area contributed by atoms with Gasteiger partial charge in [-0.1, -0.05) is 48.0 Å². The number of aryl methyl sites for hydroxylation is 2. The number of carbonyl (C=O) groups excluding carboxylic acids is 1. The molecule has 0 aliphatic heterocycles. The summed E-state index contributed by atoms with van der Waals surface area (Å²) >= 11 is 9.43. The van der Waals surface area contributed by atoms with Crippen molar-refractivity contribution in [1.82, 2.24) is 9.78 Å². The van der Waals surface area contributed by atoms with Crippen LogP contribution in [0.25, 0.3) is 0 Å². The molecule has 0 spiro atoms. The summed E-state index contributed by atoms with van der Waals surface area (Å²) in [6.07, 6.45) is 1.83. The van der Waals surface area contributed by atoms with Gasteiger partial charge in [0.15, 0.2) is 5.82 Å². The SMILES string of the molecule is Cc1ccc(C)c(OCc2cccc(C(=O)Nc3nn(Cc4ccc(Cl)cc4)cc3Br)c2)c1. The fourth-order valence-electron chi connectivity index (χ4n) is 3.35. The van der Waals surface area contributed by atoms with Gasteiger partial charge in [-0.25, -0.2) is 0 Å². The van der Waals surface area contributed by atoms with E-state index < -0.39 is 0 Å². The lowest BCUT2D eigenvalue weighted by Crippen LogP contribution is -2.13. The number of amides is 1. The number of hydrogen-bond acceptors (Lipinski definition) is 3. The first-order valence-electron chi connectivity index (χ1n) is 10.4. The average molecular weight is 525 g/mol. The van der Waals surface area contributed by atoms with Gasteiger partial charge in [0.25, 0.3) is 5.91 Å². The van der Waals surface area contributed by atoms with Crippen LogP contribution in [-0.2, 0) is 13.2 Å². The van der Waals surface area contributed by atoms with Crippen molar-refractivity contribution in [3.05, 3.63) is 110 Å². The monoisotopic (exact) mass is 523 g/mol. The van der Waals surface area contributed by atoms with E-state index >= 15 is 0 Å². The molecule has 0 radical (unpaired) electrons. The average Bonchev–Trinajstić information content (AvgIpc) is 3.14. The summed E-state index contributed by atoms with van der Waals surface area (Å²) < 4.78 is 8.45. The number of rotatable bonds is 7. The van der Waals surface area contributed by atoms with Crippen molar-refractivity contribution in [3.63, 3.8) is 0 Å². The van der Waals surface area contributed by atoms with Crippen molar-refractivity contribution in [3.8, 4) is 5.75 Å². The zero-order valence-corrected chi connectivity index (χ0v) is 20.7. The summed E-state index contributed by atoms with van der Waals surface area (Å²) in [4.78, 5) is 12.9. The predicted molar refractivity (Wildman–Crippen MR) is 135 cm³/mol. The molecule has 1 N–H and O–H groups in total. The Bertz CT molecular complexity index is 1290. The number of halogens is 2. The van der Waals surface area contributed by atoms with Crippen molar-refractivity contribution in [1.29, 1.82) is 0 Å². The first-order valence-corrected chi connectivity index (χ1v) is 11.6. The largest absolute Gasteiger partial charge is 0.489 e. The molecule has 0 saturated carbocycles. The third-order valence-electron chi connectivity index (χ3n) is 5.13. The van der Waals surface area contributed by atoms with Crippen molar-refractivity contribution < 1.29 is 9.53 Å². The van der Waals surface area contributed by atoms with Gasteiger partial charge in [-0.05, 0) is 82.4 Å². The Morgan fingerprint density at radius 1 is 1.06 bits per heavy atom. The van der Waals surface area contributed by atoms with Gasteiger partial charge in [0.2, 0.25) is 0 Å². The van der Waals surface area contributed by atoms with Gasteiger partial charge in [0.1, 0.15) is 12.4 Å². The highest BCUT2D eigenvalue weighted by Gasteiger charge is 2.13. The van der Waals surface area contributed by atoms with Crippen LogP contribution in [0.1, 0.15) is 32.6 Å². The Kier molecular flexibility index (Phi) is 7.16. The number of ether oxygens (including phenoxy) is 1. The van der Waals surface area contributed by atoms with Crippen LogP contribution in [0, 0.1) is 13.8 Å². The molecule has 0 unspecified atom stereocenters. The van der Waals surface area contributed by atoms with Crippen molar-refractivity contribution >= 4 is 39.3 Å². The second-order valence-electron chi connectivity index (χ2n) is 7.86. The molecule has 0 atom stereocenters. The molecule has 168 valence electrons. The van der Waals surface area contributed by atoms with Gasteiger partial charge in [-0.3, -0.25) is 9.48 Å². The molecular weight excluding hydrogens is 502 g/mol. The summed E-state index contributed by atoms with van der Waals surface area (Å²) in [7, 11) is 0. The fraction of sp³-hybridized carbons (Fsp3) is 0.154. The third kappa shape index (κ3) is 6.03. The Morgan fingerprint density at radius 2 is 1.85 bits per heavy atom. The molecule has 5 nitrogen and oxygen atoms in total. The molecule has 3 aromatic carbocycles. The number of carbonyl (C=O) groups is 1. The highest BCUT2D eigenvalue weighted by Crippen LogP contribution is 2.23. The van der Waals surface area contributed by atoms with E-state index in [0.29, 0.717) is 34.0 Å². The minimum Gasteiger partial charge on any atom is -0.489 e. The standard InChI is InChI=1S/C26H23BrClN3O2/c1-17-6-7-18(2)24(12-17)33-16-20-4-3-5-21(13-20)26(32)29-25-23(27)15-31(30-25)14-19-8-10-22(28)11-9-19/h3-13,15H,14,16H2,1-2H3,(H,29,30,32). The molecule has 0 aliphatic rings. The van der Waals surface area contributed by atoms with Crippen molar-refractivity contribution in [2.24, 2.45) is 0 Å². The molecule has 0 aliphatic carbocycles. The summed E-state index contributed by atoms with van der Waals surface area (Å²) in [5.74, 6) is 1.08. The van der Waals surface area contributed by atoms with E-state index in [2.05, 4.69) is 32.4 Å². The van der Waals surface area contributed by atoms with Crippen LogP contribution in [0.5, 0.6) is 5.75 Å². The number of benzene rings is 3. The molecule has 4 aromatic rings. The van der Waals surface area contributed by atoms with Crippen LogP contribution in [0.3, 0.4) is 0 Å². The van der Waals surface area contributed by atoms with Gasteiger partial charge >= 0.3 is 0 Å². The van der Waals surface area contributed by atoms with E-state index in [1.165, 1.54) is 0 Å². The van der Waals surface area contributed by atoms with Gasteiger partial charge in [-0.15, -0.1) is 0 Å². The normalized spacial score (nSPS) is 10.8. The zero-order chi connectivity index (χ0) is 23.4. The minimum atomic E-state index is -0.235. The molecule has 0 fully saturated rings. The van der Waals surface area contributed by atoms with E-state index in [1.54, 1.807) is 10.7 Å². The minimum absolute atomic E-state index is 0.235. The number of hydrogen-bond donors (Lipinski definition) is 1. The van der Waals surface area contributed by atoms with E-state index in [1.807, 2.05) is 74.6 Å². The summed E-state index contributed by atoms with van der Waals surface area (Å²) in [5, 5.41) is 8.06. The Hall–Kier alpha value is -3.09. The van der Waals surface area contributed by atoms with Crippen LogP contribution < -0.4 is 10.1 Å². The topological polar surface area (TPSA) is 56.1 Å². The Labute approximate surface area is 206 Å². The summed E-state index contributed by atoms with van der Waals surface area (Å²) in [6.45, 7) is 5.00. The van der Waals surface area contributed by atoms with Gasteiger partial charge in [0.05, 0.1) is 11.0 Å². The van der Waals surface area contributed by atoms with Crippen LogP contribution >= 0.6 is 27.5 Å². The van der Waals surface area contributed by atoms with Crippen LogP contribution in [0.2, 0.25) is 5.02 Å². The predicted octanol–water partition coefficient (Wildman–Crippen LogP) is 6.80. The molecular formula is C26H23BrClN3O2. The van der Waals surface area contributed by atoms with Gasteiger partial charge in [0, 0.05) is 16.8 Å². The molecule has 0 bridgehead atoms. The molecule has 1 amide bonds. The maximum atomic E-state index is 12.9. The Morgan fingerprint density at radius 3 is 2.64 bits per heavy atom. The van der Waals surface area contributed by atoms with E-state index in [-0.39, 0.29) is 5.91 Å². The first kappa shape index (κ1) is 23.1. The molecule has 33 heavy (non-hydrogen) atoms. The number of nitrogens with zero attached hydrogens (tertiary/aromatic N) is 2. The van der Waals surface area contributed by atoms with Gasteiger partial charge in [-0.2, -0.15) is 5.10 Å². The van der Waals surface area contributed by atoms with E-state index in [9.17, 15) is 4.79 Å². The molecule has 7 heteroatoms. The van der Waals surface area contributed by atoms with E-state index in [4.69, 9.17) is 16.3 Å². The quantitative estimate of drug-likeness (QED) is 0.289. The third-order valence-corrected chi connectivity index (χ3v) is 5.97. The second-order valence-corrected chi connectivity index (χ2v) is 9.15. The second kappa shape index (κ2) is 10.2. The van der Waals surface area contributed by atoms with Crippen LogP contribution in [0.4, 0.5) is 5.82 Å². The Balaban J connectivity index is 1.42. The lowest BCUT2D eigenvalue weighted by molar-refractivity contribution is 0.102. The molecule has 4 rings (SSSR count). The number of aromatic nitrogens is 2. The lowest BCUT2D eigenvalue weighted by Gasteiger charge is -2.11. The fourth-order valence-corrected chi connectivity index (χ4v) is 3.89. The number of anilines is 1. The van der Waals surface area contributed by atoms with E-state index in [0.717, 1.165) is 28.0 Å². The van der Waals surface area contributed by atoms with Crippen molar-refractivity contribution in [2.75, 3.05) is 5.32 Å². The molecule has 1 heterocycles. The summed E-state index contributed by atoms with van der Waals surface area (Å²) in [6, 6.07) is 21.1. The highest BCUT2D eigenvalue weighted by molar-refractivity contribution is 9.10. The lowest BCUT2D eigenvalue weighted by atomic mass is 10.1. The first-order chi connectivity index (χ1) is 15.9. The molecule has 1 aromatic heterocycles. The molecule has 0 saturated heterocycles. The van der Waals surface area contributed by atoms with Crippen molar-refractivity contribution in [2.45, 2.75) is 27.0 Å². The van der Waals surface area contributed by atoms with Crippen LogP contribution in [-0.4, -0.2) is 15.7 Å². The maximum Gasteiger partial charge on any atom is 0.256 e. The van der Waals surface area contributed by atoms with Gasteiger partial charge < -0.3 is 10.1 Å².